The van der Waals surface area contributed by atoms with E-state index in [0.29, 0.717) is 11.5 Å². The number of rotatable bonds is 10. The number of hydrogen-bond donors (Lipinski definition) is 2. The quantitative estimate of drug-likeness (QED) is 0.374. The van der Waals surface area contributed by atoms with Crippen LogP contribution in [0.2, 0.25) is 0 Å². The van der Waals surface area contributed by atoms with Gasteiger partial charge in [0.25, 0.3) is 11.8 Å². The Morgan fingerprint density at radius 2 is 1.97 bits per heavy atom. The second-order valence-electron chi connectivity index (χ2n) is 9.00. The van der Waals surface area contributed by atoms with Crippen molar-refractivity contribution < 1.29 is 27.5 Å². The van der Waals surface area contributed by atoms with Gasteiger partial charge < -0.3 is 20.7 Å². The summed E-state index contributed by atoms with van der Waals surface area (Å²) in [6, 6.07) is 6.79. The van der Waals surface area contributed by atoms with Gasteiger partial charge in [0, 0.05) is 11.3 Å². The zero-order valence-electron chi connectivity index (χ0n) is 21.1. The molecule has 2 amide bonds. The summed E-state index contributed by atoms with van der Waals surface area (Å²) in [5.41, 5.74) is 7.54. The third-order valence-electron chi connectivity index (χ3n) is 6.37. The second kappa shape index (κ2) is 11.9. The number of terminal acetylenes is 1. The molecule has 39 heavy (non-hydrogen) atoms. The van der Waals surface area contributed by atoms with Crippen molar-refractivity contribution in [1.29, 1.82) is 0 Å². The average molecular weight is 538 g/mol. The van der Waals surface area contributed by atoms with Crippen molar-refractivity contribution in [1.82, 2.24) is 14.9 Å². The molecule has 0 saturated heterocycles. The molecular formula is C28H26F3N5O3. The number of carbonyl (C=O) groups excluding carboxylic acids is 2. The molecule has 0 radical (unpaired) electrons. The van der Waals surface area contributed by atoms with Crippen LogP contribution in [0.1, 0.15) is 40.2 Å². The molecule has 0 unspecified atom stereocenters. The monoisotopic (exact) mass is 537 g/mol. The molecule has 1 aliphatic carbocycles. The Balaban J connectivity index is 1.59. The molecule has 0 spiro atoms. The molecule has 11 heteroatoms. The van der Waals surface area contributed by atoms with E-state index in [4.69, 9.17) is 16.9 Å². The van der Waals surface area contributed by atoms with E-state index in [0.717, 1.165) is 35.7 Å². The summed E-state index contributed by atoms with van der Waals surface area (Å²) in [5, 5.41) is 2.57. The van der Waals surface area contributed by atoms with Gasteiger partial charge in [-0.15, -0.1) is 6.42 Å². The van der Waals surface area contributed by atoms with Crippen molar-refractivity contribution in [3.05, 3.63) is 65.0 Å². The molecule has 3 N–H and O–H groups in total. The number of aromatic nitrogens is 2. The number of nitrogens with one attached hydrogen (secondary N) is 1. The number of halogens is 3. The lowest BCUT2D eigenvalue weighted by Gasteiger charge is -2.20. The molecule has 2 aromatic carbocycles. The number of alkyl halides is 1. The van der Waals surface area contributed by atoms with Crippen LogP contribution >= 0.6 is 0 Å². The number of benzene rings is 2. The highest BCUT2D eigenvalue weighted by molar-refractivity contribution is 6.05. The van der Waals surface area contributed by atoms with Gasteiger partial charge in [-0.05, 0) is 67.0 Å². The van der Waals surface area contributed by atoms with Crippen molar-refractivity contribution >= 4 is 23.3 Å². The Labute approximate surface area is 223 Å². The molecule has 1 heterocycles. The van der Waals surface area contributed by atoms with E-state index in [1.165, 1.54) is 18.2 Å². The molecule has 1 aliphatic rings. The fourth-order valence-corrected chi connectivity index (χ4v) is 4.12. The summed E-state index contributed by atoms with van der Waals surface area (Å²) in [4.78, 5) is 33.9. The van der Waals surface area contributed by atoms with Gasteiger partial charge in [0.05, 0.1) is 18.7 Å². The molecule has 1 aromatic heterocycles. The van der Waals surface area contributed by atoms with Gasteiger partial charge >= 0.3 is 0 Å². The first kappa shape index (κ1) is 27.4. The first-order chi connectivity index (χ1) is 18.7. The minimum atomic E-state index is -0.791. The van der Waals surface area contributed by atoms with Gasteiger partial charge in [-0.1, -0.05) is 6.07 Å². The predicted octanol–water partition coefficient (Wildman–Crippen LogP) is 4.25. The number of nitrogens with two attached hydrogens (primary N) is 1. The Bertz CT molecular complexity index is 1450. The maximum atomic E-state index is 14.7. The largest absolute Gasteiger partial charge is 0.486 e. The molecule has 0 bridgehead atoms. The maximum absolute atomic E-state index is 14.7. The molecule has 8 nitrogen and oxygen atoms in total. The number of ether oxygens (including phenoxy) is 1. The molecule has 3 aromatic rings. The first-order valence-corrected chi connectivity index (χ1v) is 12.2. The minimum absolute atomic E-state index is 0.00135. The number of hydrogen-bond acceptors (Lipinski definition) is 6. The molecule has 0 aliphatic heterocycles. The Hall–Kier alpha value is -4.59. The van der Waals surface area contributed by atoms with Crippen molar-refractivity contribution in [2.24, 2.45) is 0 Å². The van der Waals surface area contributed by atoms with Crippen LogP contribution in [0.3, 0.4) is 0 Å². The van der Waals surface area contributed by atoms with Crippen LogP contribution in [0.25, 0.3) is 11.3 Å². The highest BCUT2D eigenvalue weighted by atomic mass is 19.1. The topological polar surface area (TPSA) is 110 Å². The Morgan fingerprint density at radius 3 is 2.64 bits per heavy atom. The highest BCUT2D eigenvalue weighted by Crippen LogP contribution is 2.40. The summed E-state index contributed by atoms with van der Waals surface area (Å²) >= 11 is 0. The van der Waals surface area contributed by atoms with Crippen LogP contribution < -0.4 is 15.8 Å². The maximum Gasteiger partial charge on any atom is 0.298 e. The number of nitrogens with zero attached hydrogens (tertiary/aromatic N) is 3. The number of anilines is 2. The first-order valence-electron chi connectivity index (χ1n) is 12.2. The number of nitrogen functional groups attached to an aromatic ring is 1. The smallest absolute Gasteiger partial charge is 0.298 e. The number of carbonyl (C=O) groups is 2. The molecule has 0 atom stereocenters. The summed E-state index contributed by atoms with van der Waals surface area (Å²) in [5.74, 6) is -0.611. The lowest BCUT2D eigenvalue weighted by Crippen LogP contribution is -2.35. The lowest BCUT2D eigenvalue weighted by molar-refractivity contribution is -0.125. The van der Waals surface area contributed by atoms with Crippen LogP contribution in [-0.4, -0.2) is 53.1 Å². The summed E-state index contributed by atoms with van der Waals surface area (Å²) in [7, 11) is 0. The fourth-order valence-electron chi connectivity index (χ4n) is 4.12. The zero-order valence-corrected chi connectivity index (χ0v) is 21.1. The SMILES string of the molecule is C#CC(=O)N(CCF)CCOc1c(N)ncnc1-c1cc(F)cc(NC(=O)c2ccc(C3CC3)cc2F)c1C. The molecule has 202 valence electrons. The van der Waals surface area contributed by atoms with E-state index < -0.39 is 30.1 Å². The van der Waals surface area contributed by atoms with Crippen LogP contribution in [0.4, 0.5) is 24.7 Å². The molecule has 1 saturated carbocycles. The Morgan fingerprint density at radius 1 is 1.21 bits per heavy atom. The second-order valence-corrected chi connectivity index (χ2v) is 9.00. The van der Waals surface area contributed by atoms with Crippen molar-refractivity contribution in [2.75, 3.05) is 37.4 Å². The van der Waals surface area contributed by atoms with Gasteiger partial charge in [-0.3, -0.25) is 9.59 Å². The van der Waals surface area contributed by atoms with Gasteiger partial charge in [0.2, 0.25) is 0 Å². The average Bonchev–Trinajstić information content (AvgIpc) is 3.76. The van der Waals surface area contributed by atoms with Crippen molar-refractivity contribution in [2.45, 2.75) is 25.7 Å². The van der Waals surface area contributed by atoms with Crippen LogP contribution in [-0.2, 0) is 4.79 Å². The minimum Gasteiger partial charge on any atom is -0.486 e. The van der Waals surface area contributed by atoms with E-state index in [1.807, 2.05) is 5.92 Å². The van der Waals surface area contributed by atoms with Crippen LogP contribution in [0.5, 0.6) is 5.75 Å². The summed E-state index contributed by atoms with van der Waals surface area (Å²) < 4.78 is 47.9. The molecule has 1 fully saturated rings. The molecular weight excluding hydrogens is 511 g/mol. The van der Waals surface area contributed by atoms with Crippen molar-refractivity contribution in [3.63, 3.8) is 0 Å². The van der Waals surface area contributed by atoms with Crippen LogP contribution in [0.15, 0.2) is 36.7 Å². The number of amides is 2. The zero-order chi connectivity index (χ0) is 28.1. The normalized spacial score (nSPS) is 12.5. The van der Waals surface area contributed by atoms with Crippen molar-refractivity contribution in [3.8, 4) is 29.4 Å². The van der Waals surface area contributed by atoms with E-state index in [1.54, 1.807) is 13.0 Å². The van der Waals surface area contributed by atoms with E-state index in [-0.39, 0.29) is 53.8 Å². The predicted molar refractivity (Wildman–Crippen MR) is 140 cm³/mol. The summed E-state index contributed by atoms with van der Waals surface area (Å²) in [6.07, 6.45) is 8.28. The van der Waals surface area contributed by atoms with Gasteiger partial charge in [-0.25, -0.2) is 23.1 Å². The molecule has 4 rings (SSSR count). The van der Waals surface area contributed by atoms with Crippen LogP contribution in [0, 0.1) is 30.9 Å². The Kier molecular flexibility index (Phi) is 8.34. The standard InChI is InChI=1S/C28H26F3N5O3/c1-3-24(37)36(9-8-29)10-11-39-26-25(33-15-34-27(26)32)21-13-19(30)14-23(16(21)2)35-28(38)20-7-6-18(12-22(20)31)17-4-5-17/h1,6-7,12-15,17H,4-5,8-11H2,2H3,(H,35,38)(H2,32,33,34). The lowest BCUT2D eigenvalue weighted by atomic mass is 10.0. The van der Waals surface area contributed by atoms with Gasteiger partial charge in [0.1, 0.15) is 36.9 Å². The van der Waals surface area contributed by atoms with E-state index >= 15 is 0 Å². The fraction of sp³-hybridized carbons (Fsp3) is 0.286. The third-order valence-corrected chi connectivity index (χ3v) is 6.37. The van der Waals surface area contributed by atoms with E-state index in [9.17, 15) is 22.8 Å². The highest BCUT2D eigenvalue weighted by Gasteiger charge is 2.25. The van der Waals surface area contributed by atoms with E-state index in [2.05, 4.69) is 15.3 Å². The summed E-state index contributed by atoms with van der Waals surface area (Å²) in [6.45, 7) is 0.436. The van der Waals surface area contributed by atoms with Gasteiger partial charge in [-0.2, -0.15) is 0 Å². The van der Waals surface area contributed by atoms with Gasteiger partial charge in [0.15, 0.2) is 11.6 Å². The third kappa shape index (κ3) is 6.29.